The first-order valence-corrected chi connectivity index (χ1v) is 8.88. The largest absolute Gasteiger partial charge is 0.378 e. The van der Waals surface area contributed by atoms with Crippen LogP contribution in [0.15, 0.2) is 24.5 Å². The molecule has 1 aliphatic heterocycles. The van der Waals surface area contributed by atoms with Crippen molar-refractivity contribution in [2.24, 2.45) is 5.92 Å². The SMILES string of the molecule is O=C(C1CCc2sc(-c3ccncc3)nc2C1)N1CCOCC1. The van der Waals surface area contributed by atoms with Gasteiger partial charge in [-0.1, -0.05) is 0 Å². The molecule has 5 nitrogen and oxygen atoms in total. The van der Waals surface area contributed by atoms with Crippen LogP contribution in [-0.2, 0) is 22.4 Å². The summed E-state index contributed by atoms with van der Waals surface area (Å²) in [5.41, 5.74) is 2.22. The van der Waals surface area contributed by atoms with Gasteiger partial charge in [-0.25, -0.2) is 4.98 Å². The normalized spacial score (nSPS) is 21.0. The van der Waals surface area contributed by atoms with Gasteiger partial charge in [0.1, 0.15) is 5.01 Å². The number of aromatic nitrogens is 2. The lowest BCUT2D eigenvalue weighted by Crippen LogP contribution is -2.44. The Morgan fingerprint density at radius 2 is 2.04 bits per heavy atom. The van der Waals surface area contributed by atoms with Gasteiger partial charge in [0, 0.05) is 48.3 Å². The Bertz CT molecular complexity index is 695. The maximum absolute atomic E-state index is 12.7. The van der Waals surface area contributed by atoms with Gasteiger partial charge in [-0.2, -0.15) is 0 Å². The zero-order chi connectivity index (χ0) is 15.6. The first-order valence-electron chi connectivity index (χ1n) is 8.07. The molecule has 2 aromatic rings. The molecule has 1 aliphatic carbocycles. The molecule has 0 aromatic carbocycles. The highest BCUT2D eigenvalue weighted by molar-refractivity contribution is 7.15. The molecule has 0 spiro atoms. The molecule has 2 aliphatic rings. The van der Waals surface area contributed by atoms with Crippen molar-refractivity contribution in [3.63, 3.8) is 0 Å². The van der Waals surface area contributed by atoms with E-state index in [1.54, 1.807) is 23.7 Å². The molecule has 23 heavy (non-hydrogen) atoms. The number of carbonyl (C=O) groups excluding carboxylic acids is 1. The Kier molecular flexibility index (Phi) is 4.10. The molecule has 1 unspecified atom stereocenters. The van der Waals surface area contributed by atoms with Crippen LogP contribution >= 0.6 is 11.3 Å². The third-order valence-electron chi connectivity index (χ3n) is 4.54. The van der Waals surface area contributed by atoms with E-state index in [0.717, 1.165) is 48.6 Å². The van der Waals surface area contributed by atoms with Gasteiger partial charge in [0.25, 0.3) is 0 Å². The lowest BCUT2D eigenvalue weighted by molar-refractivity contribution is -0.140. The number of rotatable bonds is 2. The summed E-state index contributed by atoms with van der Waals surface area (Å²) in [5, 5.41) is 1.04. The summed E-state index contributed by atoms with van der Waals surface area (Å²) >= 11 is 1.75. The molecule has 0 saturated carbocycles. The van der Waals surface area contributed by atoms with E-state index in [1.165, 1.54) is 4.88 Å². The lowest BCUT2D eigenvalue weighted by atomic mass is 9.89. The number of ether oxygens (including phenoxy) is 1. The van der Waals surface area contributed by atoms with E-state index in [4.69, 9.17) is 9.72 Å². The summed E-state index contributed by atoms with van der Waals surface area (Å²) in [6, 6.07) is 3.97. The summed E-state index contributed by atoms with van der Waals surface area (Å²) in [4.78, 5) is 24.8. The van der Waals surface area contributed by atoms with E-state index in [1.807, 2.05) is 17.0 Å². The van der Waals surface area contributed by atoms with E-state index >= 15 is 0 Å². The fraction of sp³-hybridized carbons (Fsp3) is 0.471. The van der Waals surface area contributed by atoms with Crippen molar-refractivity contribution >= 4 is 17.2 Å². The highest BCUT2D eigenvalue weighted by atomic mass is 32.1. The quantitative estimate of drug-likeness (QED) is 0.847. The van der Waals surface area contributed by atoms with Crippen molar-refractivity contribution in [2.75, 3.05) is 26.3 Å². The molecular formula is C17H19N3O2S. The van der Waals surface area contributed by atoms with Crippen LogP contribution < -0.4 is 0 Å². The van der Waals surface area contributed by atoms with Gasteiger partial charge >= 0.3 is 0 Å². The smallest absolute Gasteiger partial charge is 0.226 e. The molecule has 0 N–H and O–H groups in total. The number of thiazole rings is 1. The maximum atomic E-state index is 12.7. The first kappa shape index (κ1) is 14.8. The van der Waals surface area contributed by atoms with Gasteiger partial charge in [0.15, 0.2) is 0 Å². The van der Waals surface area contributed by atoms with Crippen LogP contribution in [-0.4, -0.2) is 47.1 Å². The number of nitrogens with zero attached hydrogens (tertiary/aromatic N) is 3. The topological polar surface area (TPSA) is 55.3 Å². The van der Waals surface area contributed by atoms with Gasteiger partial charge in [-0.05, 0) is 25.0 Å². The Labute approximate surface area is 139 Å². The fourth-order valence-electron chi connectivity index (χ4n) is 3.25. The predicted molar refractivity (Wildman–Crippen MR) is 88.3 cm³/mol. The van der Waals surface area contributed by atoms with Crippen LogP contribution in [0.25, 0.3) is 10.6 Å². The number of morpholine rings is 1. The summed E-state index contributed by atoms with van der Waals surface area (Å²) in [6.45, 7) is 2.77. The van der Waals surface area contributed by atoms with Gasteiger partial charge < -0.3 is 9.64 Å². The molecule has 2 aromatic heterocycles. The zero-order valence-electron chi connectivity index (χ0n) is 12.9. The maximum Gasteiger partial charge on any atom is 0.226 e. The summed E-state index contributed by atoms with van der Waals surface area (Å²) in [6.07, 6.45) is 6.24. The molecular weight excluding hydrogens is 310 g/mol. The van der Waals surface area contributed by atoms with E-state index in [0.29, 0.717) is 13.2 Å². The lowest BCUT2D eigenvalue weighted by Gasteiger charge is -2.31. The van der Waals surface area contributed by atoms with Crippen molar-refractivity contribution in [1.29, 1.82) is 0 Å². The molecule has 0 radical (unpaired) electrons. The summed E-state index contributed by atoms with van der Waals surface area (Å²) < 4.78 is 5.34. The minimum Gasteiger partial charge on any atom is -0.378 e. The molecule has 1 saturated heterocycles. The number of pyridine rings is 1. The van der Waals surface area contributed by atoms with Crippen molar-refractivity contribution < 1.29 is 9.53 Å². The van der Waals surface area contributed by atoms with E-state index in [-0.39, 0.29) is 11.8 Å². The average Bonchev–Trinajstić information content (AvgIpc) is 3.06. The standard InChI is InChI=1S/C17H19N3O2S/c21-17(20-7-9-22-10-8-20)13-1-2-15-14(11-13)19-16(23-15)12-3-5-18-6-4-12/h3-6,13H,1-2,7-11H2. The Hall–Kier alpha value is -1.79. The second-order valence-electron chi connectivity index (χ2n) is 6.00. The number of aryl methyl sites for hydroxylation is 1. The molecule has 0 bridgehead atoms. The van der Waals surface area contributed by atoms with Gasteiger partial charge in [0.2, 0.25) is 5.91 Å². The molecule has 4 rings (SSSR count). The van der Waals surface area contributed by atoms with Crippen LogP contribution in [0.4, 0.5) is 0 Å². The van der Waals surface area contributed by atoms with Crippen LogP contribution in [0.3, 0.4) is 0 Å². The monoisotopic (exact) mass is 329 g/mol. The second-order valence-corrected chi connectivity index (χ2v) is 7.09. The van der Waals surface area contributed by atoms with Crippen LogP contribution in [0, 0.1) is 5.92 Å². The molecule has 6 heteroatoms. The van der Waals surface area contributed by atoms with E-state index in [2.05, 4.69) is 4.98 Å². The van der Waals surface area contributed by atoms with Crippen molar-refractivity contribution in [3.8, 4) is 10.6 Å². The number of carbonyl (C=O) groups is 1. The third-order valence-corrected chi connectivity index (χ3v) is 5.74. The fourth-order valence-corrected chi connectivity index (χ4v) is 4.36. The van der Waals surface area contributed by atoms with E-state index < -0.39 is 0 Å². The molecule has 120 valence electrons. The number of hydrogen-bond donors (Lipinski definition) is 0. The van der Waals surface area contributed by atoms with Crippen LogP contribution in [0.5, 0.6) is 0 Å². The number of fused-ring (bicyclic) bond motifs is 1. The molecule has 1 atom stereocenters. The first-order chi connectivity index (χ1) is 11.3. The highest BCUT2D eigenvalue weighted by Gasteiger charge is 2.31. The second kappa shape index (κ2) is 6.37. The van der Waals surface area contributed by atoms with Gasteiger partial charge in [-0.15, -0.1) is 11.3 Å². The minimum atomic E-state index is 0.0768. The van der Waals surface area contributed by atoms with Gasteiger partial charge in [0.05, 0.1) is 18.9 Å². The van der Waals surface area contributed by atoms with E-state index in [9.17, 15) is 4.79 Å². The average molecular weight is 329 g/mol. The van der Waals surface area contributed by atoms with Crippen LogP contribution in [0.1, 0.15) is 17.0 Å². The molecule has 1 fully saturated rings. The van der Waals surface area contributed by atoms with Gasteiger partial charge in [-0.3, -0.25) is 9.78 Å². The third kappa shape index (κ3) is 3.01. The van der Waals surface area contributed by atoms with Crippen molar-refractivity contribution in [3.05, 3.63) is 35.1 Å². The summed E-state index contributed by atoms with van der Waals surface area (Å²) in [5.74, 6) is 0.352. The Morgan fingerprint density at radius 3 is 2.83 bits per heavy atom. The number of amides is 1. The zero-order valence-corrected chi connectivity index (χ0v) is 13.7. The van der Waals surface area contributed by atoms with Crippen LogP contribution in [0.2, 0.25) is 0 Å². The Morgan fingerprint density at radius 1 is 1.26 bits per heavy atom. The predicted octanol–water partition coefficient (Wildman–Crippen LogP) is 2.17. The molecule has 3 heterocycles. The molecule has 1 amide bonds. The van der Waals surface area contributed by atoms with Crippen molar-refractivity contribution in [2.45, 2.75) is 19.3 Å². The summed E-state index contributed by atoms with van der Waals surface area (Å²) in [7, 11) is 0. The highest BCUT2D eigenvalue weighted by Crippen LogP contribution is 2.34. The van der Waals surface area contributed by atoms with Crippen molar-refractivity contribution in [1.82, 2.24) is 14.9 Å². The number of hydrogen-bond acceptors (Lipinski definition) is 5. The Balaban J connectivity index is 1.51. The minimum absolute atomic E-state index is 0.0768.